The number of piperidine rings is 1. The maximum absolute atomic E-state index is 13.1. The lowest BCUT2D eigenvalue weighted by Gasteiger charge is -2.36. The van der Waals surface area contributed by atoms with Crippen molar-refractivity contribution in [1.29, 1.82) is 0 Å². The number of hydrogen-bond donors (Lipinski definition) is 1. The second kappa shape index (κ2) is 7.87. The van der Waals surface area contributed by atoms with E-state index < -0.39 is 16.8 Å². The molecular formula is C20H26N2O6. The molecule has 0 radical (unpaired) electrons. The Kier molecular flexibility index (Phi) is 5.69. The van der Waals surface area contributed by atoms with E-state index in [1.54, 1.807) is 31.7 Å². The van der Waals surface area contributed by atoms with Crippen LogP contribution in [0, 0.1) is 42.7 Å². The number of aryl methyl sites for hydroxylation is 2. The Morgan fingerprint density at radius 3 is 2.39 bits per heavy atom. The summed E-state index contributed by atoms with van der Waals surface area (Å²) in [7, 11) is 0. The third-order valence-electron chi connectivity index (χ3n) is 6.07. The monoisotopic (exact) mass is 390 g/mol. The van der Waals surface area contributed by atoms with E-state index in [1.807, 2.05) is 0 Å². The molecule has 152 valence electrons. The highest BCUT2D eigenvalue weighted by molar-refractivity contribution is 5.98. The van der Waals surface area contributed by atoms with E-state index in [0.717, 1.165) is 5.56 Å². The van der Waals surface area contributed by atoms with Gasteiger partial charge in [0.05, 0.1) is 22.5 Å². The zero-order chi connectivity index (χ0) is 20.6. The number of amides is 1. The van der Waals surface area contributed by atoms with E-state index in [-0.39, 0.29) is 23.6 Å². The molecule has 2 atom stereocenters. The van der Waals surface area contributed by atoms with E-state index in [0.29, 0.717) is 55.6 Å². The first-order valence-electron chi connectivity index (χ1n) is 9.61. The van der Waals surface area contributed by atoms with Crippen LogP contribution in [-0.4, -0.2) is 52.6 Å². The minimum atomic E-state index is -0.820. The number of likely N-dealkylation sites (tertiary alicyclic amines) is 1. The smallest absolute Gasteiger partial charge is 0.309 e. The number of hydrogen-bond acceptors (Lipinski definition) is 5. The second-order valence-corrected chi connectivity index (χ2v) is 7.81. The van der Waals surface area contributed by atoms with Crippen LogP contribution in [0.1, 0.15) is 46.3 Å². The Bertz CT molecular complexity index is 813. The summed E-state index contributed by atoms with van der Waals surface area (Å²) < 4.78 is 5.68. The summed E-state index contributed by atoms with van der Waals surface area (Å²) >= 11 is 0. The highest BCUT2D eigenvalue weighted by Crippen LogP contribution is 2.35. The molecule has 1 N–H and O–H groups in total. The van der Waals surface area contributed by atoms with E-state index in [1.165, 1.54) is 0 Å². The molecule has 2 heterocycles. The topological polar surface area (TPSA) is 110 Å². The van der Waals surface area contributed by atoms with Crippen molar-refractivity contribution < 1.29 is 24.4 Å². The lowest BCUT2D eigenvalue weighted by molar-refractivity contribution is -0.386. The van der Waals surface area contributed by atoms with Gasteiger partial charge >= 0.3 is 5.97 Å². The molecule has 8 heteroatoms. The molecule has 1 unspecified atom stereocenters. The zero-order valence-corrected chi connectivity index (χ0v) is 16.4. The first-order valence-corrected chi connectivity index (χ1v) is 9.61. The quantitative estimate of drug-likeness (QED) is 0.625. The van der Waals surface area contributed by atoms with Gasteiger partial charge in [-0.25, -0.2) is 0 Å². The minimum Gasteiger partial charge on any atom is -0.481 e. The van der Waals surface area contributed by atoms with Gasteiger partial charge in [0.2, 0.25) is 0 Å². The van der Waals surface area contributed by atoms with Crippen molar-refractivity contribution in [3.8, 4) is 0 Å². The van der Waals surface area contributed by atoms with Crippen molar-refractivity contribution in [3.63, 3.8) is 0 Å². The van der Waals surface area contributed by atoms with Crippen LogP contribution >= 0.6 is 0 Å². The van der Waals surface area contributed by atoms with E-state index in [9.17, 15) is 24.8 Å². The number of carbonyl (C=O) groups excluding carboxylic acids is 1. The predicted octanol–water partition coefficient (Wildman–Crippen LogP) is 2.86. The van der Waals surface area contributed by atoms with E-state index in [2.05, 4.69) is 0 Å². The molecule has 8 nitrogen and oxygen atoms in total. The fraction of sp³-hybridized carbons (Fsp3) is 0.600. The molecule has 0 spiro atoms. The van der Waals surface area contributed by atoms with Crippen LogP contribution in [0.4, 0.5) is 5.69 Å². The van der Waals surface area contributed by atoms with Gasteiger partial charge in [0.1, 0.15) is 0 Å². The van der Waals surface area contributed by atoms with Gasteiger partial charge in [-0.3, -0.25) is 19.7 Å². The number of carboxylic acid groups (broad SMARTS) is 1. The zero-order valence-electron chi connectivity index (χ0n) is 16.4. The Morgan fingerprint density at radius 2 is 1.82 bits per heavy atom. The first kappa shape index (κ1) is 20.3. The van der Waals surface area contributed by atoms with Crippen LogP contribution in [-0.2, 0) is 9.53 Å². The number of rotatable bonds is 4. The number of aliphatic carboxylic acids is 1. The molecule has 2 aliphatic rings. The minimum absolute atomic E-state index is 0.00695. The summed E-state index contributed by atoms with van der Waals surface area (Å²) in [5.41, 5.74) is 2.08. The molecule has 0 saturated carbocycles. The normalized spacial score (nSPS) is 23.0. The van der Waals surface area contributed by atoms with Crippen molar-refractivity contribution in [2.24, 2.45) is 11.8 Å². The summed E-state index contributed by atoms with van der Waals surface area (Å²) in [4.78, 5) is 37.2. The van der Waals surface area contributed by atoms with E-state index >= 15 is 0 Å². The first-order chi connectivity index (χ1) is 13.2. The van der Waals surface area contributed by atoms with Gasteiger partial charge < -0.3 is 14.7 Å². The Hall–Kier alpha value is -2.48. The highest BCUT2D eigenvalue weighted by Gasteiger charge is 2.41. The van der Waals surface area contributed by atoms with Crippen molar-refractivity contribution in [2.45, 2.75) is 46.1 Å². The lowest BCUT2D eigenvalue weighted by Crippen LogP contribution is -2.43. The molecule has 0 aromatic heterocycles. The average Bonchev–Trinajstić information content (AvgIpc) is 3.11. The van der Waals surface area contributed by atoms with E-state index in [4.69, 9.17) is 4.74 Å². The Balaban J connectivity index is 1.75. The summed E-state index contributed by atoms with van der Waals surface area (Å²) in [5.74, 6) is -1.38. The molecule has 1 aromatic carbocycles. The lowest BCUT2D eigenvalue weighted by atomic mass is 9.84. The highest BCUT2D eigenvalue weighted by atomic mass is 16.6. The van der Waals surface area contributed by atoms with Gasteiger partial charge in [-0.15, -0.1) is 0 Å². The van der Waals surface area contributed by atoms with Crippen LogP contribution in [0.5, 0.6) is 0 Å². The summed E-state index contributed by atoms with van der Waals surface area (Å²) in [6.45, 7) is 6.56. The van der Waals surface area contributed by atoms with Crippen LogP contribution in [0.3, 0.4) is 0 Å². The Morgan fingerprint density at radius 1 is 1.18 bits per heavy atom. The van der Waals surface area contributed by atoms with Crippen LogP contribution in [0.2, 0.25) is 0 Å². The molecule has 2 aliphatic heterocycles. The number of carboxylic acids is 1. The summed E-state index contributed by atoms with van der Waals surface area (Å²) in [5, 5.41) is 20.8. The van der Waals surface area contributed by atoms with Gasteiger partial charge in [0, 0.05) is 30.8 Å². The van der Waals surface area contributed by atoms with Crippen LogP contribution < -0.4 is 0 Å². The van der Waals surface area contributed by atoms with Crippen molar-refractivity contribution >= 4 is 17.6 Å². The molecular weight excluding hydrogens is 364 g/mol. The molecule has 28 heavy (non-hydrogen) atoms. The van der Waals surface area contributed by atoms with Gasteiger partial charge in [-0.05, 0) is 57.6 Å². The fourth-order valence-electron chi connectivity index (χ4n) is 4.71. The number of nitro groups is 1. The molecule has 3 rings (SSSR count). The molecule has 2 saturated heterocycles. The molecule has 2 fully saturated rings. The number of carbonyl (C=O) groups is 2. The maximum atomic E-state index is 13.1. The van der Waals surface area contributed by atoms with Crippen molar-refractivity contribution in [1.82, 2.24) is 4.90 Å². The molecule has 0 aliphatic carbocycles. The molecule has 0 bridgehead atoms. The second-order valence-electron chi connectivity index (χ2n) is 7.81. The number of benzene rings is 1. The number of nitro benzene ring substituents is 1. The molecule has 1 aromatic rings. The fourth-order valence-corrected chi connectivity index (χ4v) is 4.71. The van der Waals surface area contributed by atoms with Gasteiger partial charge in [-0.2, -0.15) is 0 Å². The Labute approximate surface area is 163 Å². The SMILES string of the molecule is Cc1cc(C)c([N+](=O)[O-])c(C)c1C(=O)N1CCC([C@@H]2OCCC2C(=O)O)CC1. The van der Waals surface area contributed by atoms with Crippen LogP contribution in [0.15, 0.2) is 6.07 Å². The third kappa shape index (κ3) is 3.61. The van der Waals surface area contributed by atoms with Gasteiger partial charge in [0.15, 0.2) is 0 Å². The number of ether oxygens (including phenoxy) is 1. The van der Waals surface area contributed by atoms with Gasteiger partial charge in [0.25, 0.3) is 11.6 Å². The van der Waals surface area contributed by atoms with Crippen molar-refractivity contribution in [2.75, 3.05) is 19.7 Å². The molecule has 1 amide bonds. The third-order valence-corrected chi connectivity index (χ3v) is 6.07. The summed E-state index contributed by atoms with van der Waals surface area (Å²) in [6, 6.07) is 1.69. The van der Waals surface area contributed by atoms with Gasteiger partial charge in [-0.1, -0.05) is 0 Å². The summed E-state index contributed by atoms with van der Waals surface area (Å²) in [6.07, 6.45) is 1.59. The largest absolute Gasteiger partial charge is 0.481 e. The van der Waals surface area contributed by atoms with Crippen molar-refractivity contribution in [3.05, 3.63) is 38.4 Å². The average molecular weight is 390 g/mol. The van der Waals surface area contributed by atoms with Crippen LogP contribution in [0.25, 0.3) is 0 Å². The predicted molar refractivity (Wildman–Crippen MR) is 101 cm³/mol. The maximum Gasteiger partial charge on any atom is 0.309 e. The standard InChI is InChI=1S/C20H26N2O6/c1-11-10-12(2)17(22(26)27)13(3)16(11)19(23)21-7-4-14(5-8-21)18-15(20(24)25)6-9-28-18/h10,14-15,18H,4-9H2,1-3H3,(H,24,25)/t15?,18-/m0/s1. The number of nitrogens with zero attached hydrogens (tertiary/aromatic N) is 2.